The van der Waals surface area contributed by atoms with E-state index in [1.54, 1.807) is 0 Å². The van der Waals surface area contributed by atoms with Crippen LogP contribution in [0.5, 0.6) is 0 Å². The van der Waals surface area contributed by atoms with Gasteiger partial charge < -0.3 is 10.6 Å². The molecule has 17 heavy (non-hydrogen) atoms. The van der Waals surface area contributed by atoms with Crippen LogP contribution < -0.4 is 10.6 Å². The Morgan fingerprint density at radius 2 is 1.94 bits per heavy atom. The molecule has 3 nitrogen and oxygen atoms in total. The minimum Gasteiger partial charge on any atom is -0.389 e. The molecule has 0 aliphatic carbocycles. The smallest absolute Gasteiger partial charge is 0.0388 e. The van der Waals surface area contributed by atoms with Crippen molar-refractivity contribution in [3.05, 3.63) is 12.3 Å². The second-order valence-electron chi connectivity index (χ2n) is 4.28. The van der Waals surface area contributed by atoms with E-state index in [2.05, 4.69) is 36.1 Å². The van der Waals surface area contributed by atoms with E-state index >= 15 is 0 Å². The molecule has 0 aromatic heterocycles. The van der Waals surface area contributed by atoms with E-state index in [4.69, 9.17) is 0 Å². The van der Waals surface area contributed by atoms with Gasteiger partial charge in [-0.25, -0.2) is 0 Å². The molecule has 3 heteroatoms. The van der Waals surface area contributed by atoms with Crippen LogP contribution in [-0.4, -0.2) is 32.9 Å². The maximum atomic E-state index is 4.25. The van der Waals surface area contributed by atoms with Crippen molar-refractivity contribution >= 4 is 5.71 Å². The van der Waals surface area contributed by atoms with Gasteiger partial charge in [0, 0.05) is 24.5 Å². The lowest BCUT2D eigenvalue weighted by atomic mass is 10.1. The molecule has 0 atom stereocenters. The first-order valence-electron chi connectivity index (χ1n) is 6.56. The molecule has 0 bridgehead atoms. The van der Waals surface area contributed by atoms with Gasteiger partial charge in [0.15, 0.2) is 0 Å². The fourth-order valence-electron chi connectivity index (χ4n) is 1.18. The van der Waals surface area contributed by atoms with E-state index in [0.717, 1.165) is 18.8 Å². The van der Waals surface area contributed by atoms with Crippen LogP contribution in [-0.2, 0) is 0 Å². The number of hydrogen-bond acceptors (Lipinski definition) is 3. The van der Waals surface area contributed by atoms with Gasteiger partial charge in [-0.2, -0.15) is 0 Å². The van der Waals surface area contributed by atoms with Crippen molar-refractivity contribution in [2.24, 2.45) is 4.99 Å². The molecule has 102 valence electrons. The number of allylic oxidation sites excluding steroid dienone is 1. The fourth-order valence-corrected chi connectivity index (χ4v) is 1.18. The average molecular weight is 241 g/mol. The second kappa shape index (κ2) is 15.2. The molecule has 1 aliphatic rings. The van der Waals surface area contributed by atoms with Crippen LogP contribution in [0.1, 0.15) is 46.5 Å². The Bertz CT molecular complexity index is 198. The summed E-state index contributed by atoms with van der Waals surface area (Å²) < 4.78 is 0. The van der Waals surface area contributed by atoms with Crippen molar-refractivity contribution in [3.8, 4) is 0 Å². The zero-order valence-electron chi connectivity index (χ0n) is 12.4. The van der Waals surface area contributed by atoms with Crippen molar-refractivity contribution in [1.29, 1.82) is 0 Å². The lowest BCUT2D eigenvalue weighted by Crippen LogP contribution is -2.09. The highest BCUT2D eigenvalue weighted by Gasteiger charge is 1.96. The molecule has 0 radical (unpaired) electrons. The van der Waals surface area contributed by atoms with Gasteiger partial charge in [0.2, 0.25) is 0 Å². The summed E-state index contributed by atoms with van der Waals surface area (Å²) in [5.74, 6) is 0. The summed E-state index contributed by atoms with van der Waals surface area (Å²) in [4.78, 5) is 4.25. The predicted molar refractivity (Wildman–Crippen MR) is 79.9 cm³/mol. The Morgan fingerprint density at radius 1 is 1.35 bits per heavy atom. The summed E-state index contributed by atoms with van der Waals surface area (Å²) in [6.45, 7) is 12.0. The molecule has 0 fully saturated rings. The predicted octanol–water partition coefficient (Wildman–Crippen LogP) is 2.99. The van der Waals surface area contributed by atoms with Gasteiger partial charge in [-0.1, -0.05) is 13.5 Å². The molecular weight excluding hydrogens is 210 g/mol. The molecule has 2 N–H and O–H groups in total. The van der Waals surface area contributed by atoms with Crippen LogP contribution in [0.2, 0.25) is 0 Å². The highest BCUT2D eigenvalue weighted by atomic mass is 14.9. The number of hydrogen-bond donors (Lipinski definition) is 2. The normalized spacial score (nSPS) is 13.4. The zero-order chi connectivity index (χ0) is 13.5. The van der Waals surface area contributed by atoms with E-state index in [0.29, 0.717) is 0 Å². The van der Waals surface area contributed by atoms with E-state index in [9.17, 15) is 0 Å². The molecule has 0 aromatic carbocycles. The highest BCUT2D eigenvalue weighted by molar-refractivity contribution is 5.82. The first-order chi connectivity index (χ1) is 8.08. The van der Waals surface area contributed by atoms with Crippen LogP contribution in [0.25, 0.3) is 0 Å². The van der Waals surface area contributed by atoms with Gasteiger partial charge >= 0.3 is 0 Å². The Hall–Kier alpha value is -0.830. The van der Waals surface area contributed by atoms with Crippen LogP contribution in [0.4, 0.5) is 0 Å². The van der Waals surface area contributed by atoms with Gasteiger partial charge in [0.25, 0.3) is 0 Å². The third-order valence-electron chi connectivity index (χ3n) is 2.01. The lowest BCUT2D eigenvalue weighted by molar-refractivity contribution is 0.736. The first kappa shape index (κ1) is 18.5. The lowest BCUT2D eigenvalue weighted by Gasteiger charge is -2.04. The first-order valence-corrected chi connectivity index (χ1v) is 6.56. The number of aliphatic imine (C=N–C) groups is 1. The van der Waals surface area contributed by atoms with Crippen LogP contribution in [0.3, 0.4) is 0 Å². The molecule has 0 spiro atoms. The van der Waals surface area contributed by atoms with Gasteiger partial charge in [0.05, 0.1) is 0 Å². The van der Waals surface area contributed by atoms with Crippen LogP contribution in [0, 0.1) is 0 Å². The molecule has 1 heterocycles. The molecule has 0 amide bonds. The SMILES string of the molecule is C=C(C)NCCC.CC1=NCCCC1.CNC. The largest absolute Gasteiger partial charge is 0.389 e. The van der Waals surface area contributed by atoms with Crippen molar-refractivity contribution in [2.75, 3.05) is 27.2 Å². The van der Waals surface area contributed by atoms with Gasteiger partial charge in [-0.3, -0.25) is 4.99 Å². The molecule has 1 aliphatic heterocycles. The minimum atomic E-state index is 1.05. The van der Waals surface area contributed by atoms with Crippen molar-refractivity contribution in [3.63, 3.8) is 0 Å². The molecule has 0 aromatic rings. The Labute approximate surface area is 108 Å². The molecule has 1 rings (SSSR count). The average Bonchev–Trinajstić information content (AvgIpc) is 2.29. The zero-order valence-corrected chi connectivity index (χ0v) is 12.4. The summed E-state index contributed by atoms with van der Waals surface area (Å²) in [5.41, 5.74) is 2.40. The second-order valence-corrected chi connectivity index (χ2v) is 4.28. The summed E-state index contributed by atoms with van der Waals surface area (Å²) >= 11 is 0. The fraction of sp³-hybridized carbons (Fsp3) is 0.786. The summed E-state index contributed by atoms with van der Waals surface area (Å²) in [6.07, 6.45) is 5.07. The van der Waals surface area contributed by atoms with E-state index in [1.165, 1.54) is 31.4 Å². The highest BCUT2D eigenvalue weighted by Crippen LogP contribution is 2.03. The molecule has 0 saturated carbocycles. The third-order valence-corrected chi connectivity index (χ3v) is 2.01. The monoisotopic (exact) mass is 241 g/mol. The van der Waals surface area contributed by atoms with Crippen molar-refractivity contribution in [1.82, 2.24) is 10.6 Å². The van der Waals surface area contributed by atoms with E-state index in [1.807, 2.05) is 21.0 Å². The summed E-state index contributed by atoms with van der Waals surface area (Å²) in [7, 11) is 3.75. The standard InChI is InChI=1S/C6H11N.C6H13N.C2H7N/c1-6-4-2-3-5-7-6;1-4-5-7-6(2)3;1-3-2/h2-5H2,1H3;7H,2,4-5H2,1,3H3;3H,1-2H3. The molecular formula is C14H31N3. The van der Waals surface area contributed by atoms with Gasteiger partial charge in [-0.05, 0) is 53.6 Å². The van der Waals surface area contributed by atoms with Gasteiger partial charge in [0.1, 0.15) is 0 Å². The number of nitrogens with one attached hydrogen (secondary N) is 2. The summed E-state index contributed by atoms with van der Waals surface area (Å²) in [5, 5.41) is 5.85. The van der Waals surface area contributed by atoms with Crippen molar-refractivity contribution in [2.45, 2.75) is 46.5 Å². The van der Waals surface area contributed by atoms with E-state index in [-0.39, 0.29) is 0 Å². The Morgan fingerprint density at radius 3 is 2.12 bits per heavy atom. The Balaban J connectivity index is 0. The summed E-state index contributed by atoms with van der Waals surface area (Å²) in [6, 6.07) is 0. The van der Waals surface area contributed by atoms with Crippen molar-refractivity contribution < 1.29 is 0 Å². The molecule has 0 saturated heterocycles. The van der Waals surface area contributed by atoms with Gasteiger partial charge in [-0.15, -0.1) is 0 Å². The maximum absolute atomic E-state index is 4.25. The Kier molecular flexibility index (Phi) is 16.5. The third kappa shape index (κ3) is 21.1. The number of rotatable bonds is 3. The quantitative estimate of drug-likeness (QED) is 0.797. The minimum absolute atomic E-state index is 1.05. The maximum Gasteiger partial charge on any atom is 0.0388 e. The van der Waals surface area contributed by atoms with Crippen LogP contribution in [0.15, 0.2) is 17.3 Å². The topological polar surface area (TPSA) is 36.4 Å². The molecule has 0 unspecified atom stereocenters. The van der Waals surface area contributed by atoms with E-state index < -0.39 is 0 Å². The van der Waals surface area contributed by atoms with Crippen LogP contribution >= 0.6 is 0 Å². The number of nitrogens with zero attached hydrogens (tertiary/aromatic N) is 1.